The van der Waals surface area contributed by atoms with Gasteiger partial charge >= 0.3 is 0 Å². The predicted octanol–water partition coefficient (Wildman–Crippen LogP) is 1.51. The van der Waals surface area contributed by atoms with Crippen molar-refractivity contribution < 1.29 is 0 Å². The molecule has 2 heterocycles. The van der Waals surface area contributed by atoms with Crippen LogP contribution in [0.1, 0.15) is 29.4 Å². The molecule has 0 unspecified atom stereocenters. The Kier molecular flexibility index (Phi) is 2.14. The van der Waals surface area contributed by atoms with Crippen molar-refractivity contribution in [2.45, 2.75) is 34.1 Å². The number of aromatic nitrogens is 3. The first kappa shape index (κ1) is 9.96. The SMILES string of the molecule is CCc1c(C)nn2c(=O)c(C)c(C)[nH]c12. The molecule has 0 spiro atoms. The molecule has 80 valence electrons. The summed E-state index contributed by atoms with van der Waals surface area (Å²) in [6.45, 7) is 7.73. The highest BCUT2D eigenvalue weighted by Crippen LogP contribution is 2.13. The van der Waals surface area contributed by atoms with Gasteiger partial charge in [0, 0.05) is 16.8 Å². The lowest BCUT2D eigenvalue weighted by atomic mass is 10.2. The molecule has 4 nitrogen and oxygen atoms in total. The molecular weight excluding hydrogens is 190 g/mol. The molecule has 2 aromatic heterocycles. The van der Waals surface area contributed by atoms with E-state index < -0.39 is 0 Å². The summed E-state index contributed by atoms with van der Waals surface area (Å²) in [5, 5.41) is 4.26. The smallest absolute Gasteiger partial charge is 0.277 e. The summed E-state index contributed by atoms with van der Waals surface area (Å²) in [6, 6.07) is 0. The second kappa shape index (κ2) is 3.22. The number of nitrogens with zero attached hydrogens (tertiary/aromatic N) is 2. The number of H-pyrrole nitrogens is 1. The van der Waals surface area contributed by atoms with Crippen LogP contribution in [0.2, 0.25) is 0 Å². The molecule has 0 amide bonds. The largest absolute Gasteiger partial charge is 0.343 e. The molecule has 1 N–H and O–H groups in total. The first-order chi connectivity index (χ1) is 7.06. The molecule has 0 aliphatic carbocycles. The Hall–Kier alpha value is -1.58. The van der Waals surface area contributed by atoms with Crippen LogP contribution in [0, 0.1) is 20.8 Å². The third-order valence-electron chi connectivity index (χ3n) is 2.92. The molecule has 0 bridgehead atoms. The van der Waals surface area contributed by atoms with Gasteiger partial charge in [-0.15, -0.1) is 0 Å². The van der Waals surface area contributed by atoms with Crippen LogP contribution in [0.25, 0.3) is 5.65 Å². The van der Waals surface area contributed by atoms with E-state index in [4.69, 9.17) is 0 Å². The fraction of sp³-hybridized carbons (Fsp3) is 0.455. The highest BCUT2D eigenvalue weighted by atomic mass is 16.1. The summed E-state index contributed by atoms with van der Waals surface area (Å²) in [4.78, 5) is 15.2. The van der Waals surface area contributed by atoms with Gasteiger partial charge in [0.25, 0.3) is 5.56 Å². The normalized spacial score (nSPS) is 11.2. The van der Waals surface area contributed by atoms with Gasteiger partial charge in [-0.05, 0) is 27.2 Å². The molecule has 4 heteroatoms. The highest BCUT2D eigenvalue weighted by molar-refractivity contribution is 5.50. The van der Waals surface area contributed by atoms with Crippen LogP contribution in [-0.4, -0.2) is 14.6 Å². The number of aromatic amines is 1. The fourth-order valence-electron chi connectivity index (χ4n) is 1.85. The van der Waals surface area contributed by atoms with E-state index in [9.17, 15) is 4.79 Å². The van der Waals surface area contributed by atoms with E-state index in [1.54, 1.807) is 0 Å². The second-order valence-electron chi connectivity index (χ2n) is 3.86. The monoisotopic (exact) mass is 205 g/mol. The standard InChI is InChI=1S/C11H15N3O/c1-5-9-8(4)13-14-10(9)12-7(3)6(2)11(14)15/h12H,5H2,1-4H3. The number of hydrogen-bond acceptors (Lipinski definition) is 2. The lowest BCUT2D eigenvalue weighted by Crippen LogP contribution is -2.19. The van der Waals surface area contributed by atoms with E-state index in [0.717, 1.165) is 34.6 Å². The minimum absolute atomic E-state index is 0.0240. The molecular formula is C11H15N3O. The summed E-state index contributed by atoms with van der Waals surface area (Å²) < 4.78 is 1.47. The van der Waals surface area contributed by atoms with Crippen molar-refractivity contribution in [2.75, 3.05) is 0 Å². The zero-order valence-electron chi connectivity index (χ0n) is 9.51. The molecule has 0 saturated heterocycles. The quantitative estimate of drug-likeness (QED) is 0.767. The Balaban J connectivity index is 2.99. The Morgan fingerprint density at radius 2 is 2.00 bits per heavy atom. The van der Waals surface area contributed by atoms with Gasteiger partial charge in [-0.3, -0.25) is 4.79 Å². The highest BCUT2D eigenvalue weighted by Gasteiger charge is 2.12. The number of nitrogens with one attached hydrogen (secondary N) is 1. The lowest BCUT2D eigenvalue weighted by molar-refractivity contribution is 0.859. The molecule has 0 saturated carbocycles. The summed E-state index contributed by atoms with van der Waals surface area (Å²) in [5.74, 6) is 0. The van der Waals surface area contributed by atoms with Gasteiger partial charge in [-0.25, -0.2) is 0 Å². The van der Waals surface area contributed by atoms with Crippen molar-refractivity contribution in [1.29, 1.82) is 0 Å². The van der Waals surface area contributed by atoms with Crippen LogP contribution in [-0.2, 0) is 6.42 Å². The second-order valence-corrected chi connectivity index (χ2v) is 3.86. The number of hydrogen-bond donors (Lipinski definition) is 1. The number of fused-ring (bicyclic) bond motifs is 1. The van der Waals surface area contributed by atoms with Crippen molar-refractivity contribution in [3.05, 3.63) is 32.9 Å². The van der Waals surface area contributed by atoms with E-state index in [-0.39, 0.29) is 5.56 Å². The molecule has 0 aliphatic rings. The van der Waals surface area contributed by atoms with E-state index >= 15 is 0 Å². The third kappa shape index (κ3) is 1.28. The van der Waals surface area contributed by atoms with Gasteiger partial charge < -0.3 is 4.98 Å². The van der Waals surface area contributed by atoms with Gasteiger partial charge in [-0.2, -0.15) is 9.61 Å². The molecule has 0 atom stereocenters. The van der Waals surface area contributed by atoms with Gasteiger partial charge in [0.05, 0.1) is 5.69 Å². The first-order valence-electron chi connectivity index (χ1n) is 5.14. The van der Waals surface area contributed by atoms with Gasteiger partial charge in [0.1, 0.15) is 5.65 Å². The summed E-state index contributed by atoms with van der Waals surface area (Å²) in [6.07, 6.45) is 0.883. The Morgan fingerprint density at radius 3 is 2.60 bits per heavy atom. The van der Waals surface area contributed by atoms with Crippen LogP contribution in [0.4, 0.5) is 0 Å². The van der Waals surface area contributed by atoms with Crippen LogP contribution in [0.15, 0.2) is 4.79 Å². The molecule has 0 radical (unpaired) electrons. The Labute approximate surface area is 87.9 Å². The maximum absolute atomic E-state index is 11.9. The Bertz CT molecular complexity index is 578. The van der Waals surface area contributed by atoms with Crippen molar-refractivity contribution in [3.63, 3.8) is 0 Å². The van der Waals surface area contributed by atoms with Crippen LogP contribution in [0.3, 0.4) is 0 Å². The average molecular weight is 205 g/mol. The van der Waals surface area contributed by atoms with Crippen molar-refractivity contribution in [3.8, 4) is 0 Å². The lowest BCUT2D eigenvalue weighted by Gasteiger charge is -2.01. The molecule has 2 aromatic rings. The maximum Gasteiger partial charge on any atom is 0.277 e. The topological polar surface area (TPSA) is 50.2 Å². The zero-order chi connectivity index (χ0) is 11.2. The van der Waals surface area contributed by atoms with Crippen LogP contribution < -0.4 is 5.56 Å². The van der Waals surface area contributed by atoms with Gasteiger partial charge in [0.2, 0.25) is 0 Å². The van der Waals surface area contributed by atoms with E-state index in [1.807, 2.05) is 20.8 Å². The zero-order valence-corrected chi connectivity index (χ0v) is 9.51. The van der Waals surface area contributed by atoms with E-state index in [1.165, 1.54) is 4.52 Å². The fourth-order valence-corrected chi connectivity index (χ4v) is 1.85. The average Bonchev–Trinajstić information content (AvgIpc) is 2.51. The minimum atomic E-state index is -0.0240. The van der Waals surface area contributed by atoms with Crippen molar-refractivity contribution in [1.82, 2.24) is 14.6 Å². The summed E-state index contributed by atoms with van der Waals surface area (Å²) >= 11 is 0. The maximum atomic E-state index is 11.9. The predicted molar refractivity (Wildman–Crippen MR) is 59.4 cm³/mol. The minimum Gasteiger partial charge on any atom is -0.343 e. The summed E-state index contributed by atoms with van der Waals surface area (Å²) in [5.41, 5.74) is 4.51. The number of rotatable bonds is 1. The van der Waals surface area contributed by atoms with Crippen LogP contribution >= 0.6 is 0 Å². The molecule has 0 fully saturated rings. The Morgan fingerprint density at radius 1 is 1.33 bits per heavy atom. The number of aryl methyl sites for hydroxylation is 3. The van der Waals surface area contributed by atoms with Gasteiger partial charge in [0.15, 0.2) is 0 Å². The van der Waals surface area contributed by atoms with Crippen molar-refractivity contribution in [2.24, 2.45) is 0 Å². The van der Waals surface area contributed by atoms with Crippen LogP contribution in [0.5, 0.6) is 0 Å². The van der Waals surface area contributed by atoms with E-state index in [0.29, 0.717) is 0 Å². The van der Waals surface area contributed by atoms with E-state index in [2.05, 4.69) is 17.0 Å². The van der Waals surface area contributed by atoms with Gasteiger partial charge in [-0.1, -0.05) is 6.92 Å². The van der Waals surface area contributed by atoms with Crippen molar-refractivity contribution >= 4 is 5.65 Å². The molecule has 0 aliphatic heterocycles. The third-order valence-corrected chi connectivity index (χ3v) is 2.92. The summed E-state index contributed by atoms with van der Waals surface area (Å²) in [7, 11) is 0. The first-order valence-corrected chi connectivity index (χ1v) is 5.14. The molecule has 2 rings (SSSR count). The molecule has 0 aromatic carbocycles. The molecule has 15 heavy (non-hydrogen) atoms.